The molecule has 0 aromatic heterocycles. The zero-order chi connectivity index (χ0) is 18.4. The third kappa shape index (κ3) is 4.90. The number of carboxylic acids is 1. The molecule has 1 heterocycles. The number of rotatable bonds is 5. The molecule has 0 radical (unpaired) electrons. The number of hydrogen-bond donors (Lipinski definition) is 2. The van der Waals surface area contributed by atoms with Crippen LogP contribution >= 0.6 is 0 Å². The molecule has 0 aliphatic carbocycles. The highest BCUT2D eigenvalue weighted by Gasteiger charge is 2.25. The quantitative estimate of drug-likeness (QED) is 0.588. The molecule has 3 amide bonds. The number of benzene rings is 1. The van der Waals surface area contributed by atoms with Crippen LogP contribution in [0.1, 0.15) is 16.8 Å². The van der Waals surface area contributed by atoms with Crippen molar-refractivity contribution in [3.8, 4) is 0 Å². The highest BCUT2D eigenvalue weighted by molar-refractivity contribution is 5.94. The van der Waals surface area contributed by atoms with Gasteiger partial charge in [-0.3, -0.25) is 19.7 Å². The van der Waals surface area contributed by atoms with Gasteiger partial charge >= 0.3 is 12.0 Å². The van der Waals surface area contributed by atoms with Crippen LogP contribution < -0.4 is 5.32 Å². The largest absolute Gasteiger partial charge is 0.481 e. The van der Waals surface area contributed by atoms with E-state index in [0.29, 0.717) is 31.7 Å². The Bertz CT molecular complexity index is 667. The number of nitrogens with one attached hydrogen (secondary N) is 1. The lowest BCUT2D eigenvalue weighted by molar-refractivity contribution is -0.384. The summed E-state index contributed by atoms with van der Waals surface area (Å²) in [7, 11) is 0. The molecule has 1 aromatic rings. The summed E-state index contributed by atoms with van der Waals surface area (Å²) in [6, 6.07) is 5.01. The van der Waals surface area contributed by atoms with E-state index in [4.69, 9.17) is 5.11 Å². The van der Waals surface area contributed by atoms with E-state index < -0.39 is 10.9 Å². The summed E-state index contributed by atoms with van der Waals surface area (Å²) in [5.74, 6) is -1.24. The molecular weight excluding hydrogens is 332 g/mol. The van der Waals surface area contributed by atoms with Gasteiger partial charge in [0.25, 0.3) is 11.6 Å². The van der Waals surface area contributed by atoms with Crippen LogP contribution in [-0.2, 0) is 4.79 Å². The predicted molar refractivity (Wildman–Crippen MR) is 86.2 cm³/mol. The number of hydrogen-bond acceptors (Lipinski definition) is 5. The van der Waals surface area contributed by atoms with Crippen LogP contribution in [0.2, 0.25) is 0 Å². The van der Waals surface area contributed by atoms with Crippen LogP contribution in [0.15, 0.2) is 24.3 Å². The van der Waals surface area contributed by atoms with E-state index in [1.54, 1.807) is 4.90 Å². The first kappa shape index (κ1) is 18.2. The van der Waals surface area contributed by atoms with Crippen molar-refractivity contribution in [2.45, 2.75) is 6.42 Å². The number of nitrogens with zero attached hydrogens (tertiary/aromatic N) is 3. The normalized spacial score (nSPS) is 14.1. The average Bonchev–Trinajstić information content (AvgIpc) is 2.61. The van der Waals surface area contributed by atoms with Crippen molar-refractivity contribution in [2.24, 2.45) is 0 Å². The minimum absolute atomic E-state index is 0.0517. The Morgan fingerprint density at radius 3 is 2.16 bits per heavy atom. The van der Waals surface area contributed by atoms with Crippen molar-refractivity contribution in [3.05, 3.63) is 39.9 Å². The molecule has 1 fully saturated rings. The number of carbonyl (C=O) groups excluding carboxylic acids is 2. The monoisotopic (exact) mass is 350 g/mol. The highest BCUT2D eigenvalue weighted by atomic mass is 16.6. The van der Waals surface area contributed by atoms with E-state index >= 15 is 0 Å². The second-order valence-electron chi connectivity index (χ2n) is 5.46. The number of aliphatic carboxylic acids is 1. The summed E-state index contributed by atoms with van der Waals surface area (Å²) < 4.78 is 0. The number of carboxylic acid groups (broad SMARTS) is 1. The van der Waals surface area contributed by atoms with Crippen LogP contribution in [0.4, 0.5) is 10.5 Å². The molecule has 134 valence electrons. The van der Waals surface area contributed by atoms with Crippen LogP contribution in [0.25, 0.3) is 0 Å². The molecule has 1 aliphatic rings. The molecule has 0 bridgehead atoms. The van der Waals surface area contributed by atoms with Crippen molar-refractivity contribution in [2.75, 3.05) is 32.7 Å². The lowest BCUT2D eigenvalue weighted by Crippen LogP contribution is -2.53. The molecule has 2 N–H and O–H groups in total. The van der Waals surface area contributed by atoms with Gasteiger partial charge in [-0.1, -0.05) is 0 Å². The van der Waals surface area contributed by atoms with Crippen LogP contribution in [-0.4, -0.2) is 70.5 Å². The van der Waals surface area contributed by atoms with Gasteiger partial charge in [0.1, 0.15) is 0 Å². The number of urea groups is 1. The number of nitro groups is 1. The van der Waals surface area contributed by atoms with Gasteiger partial charge in [0, 0.05) is 50.4 Å². The molecule has 1 saturated heterocycles. The fourth-order valence-electron chi connectivity index (χ4n) is 2.41. The number of non-ortho nitro benzene ring substituents is 1. The maximum Gasteiger partial charge on any atom is 0.317 e. The van der Waals surface area contributed by atoms with Crippen LogP contribution in [0.3, 0.4) is 0 Å². The Balaban J connectivity index is 1.84. The van der Waals surface area contributed by atoms with E-state index in [9.17, 15) is 24.5 Å². The third-order valence-electron chi connectivity index (χ3n) is 3.79. The zero-order valence-corrected chi connectivity index (χ0v) is 13.4. The topological polar surface area (TPSA) is 133 Å². The molecule has 0 saturated carbocycles. The summed E-state index contributed by atoms with van der Waals surface area (Å²) in [4.78, 5) is 47.9. The van der Waals surface area contributed by atoms with Gasteiger partial charge in [-0.2, -0.15) is 0 Å². The van der Waals surface area contributed by atoms with E-state index in [1.807, 2.05) is 0 Å². The summed E-state index contributed by atoms with van der Waals surface area (Å²) in [6.07, 6.45) is -0.148. The van der Waals surface area contributed by atoms with E-state index in [-0.39, 0.29) is 30.6 Å². The second-order valence-corrected chi connectivity index (χ2v) is 5.46. The minimum atomic E-state index is -0.987. The molecule has 0 unspecified atom stereocenters. The van der Waals surface area contributed by atoms with Crippen molar-refractivity contribution in [3.63, 3.8) is 0 Å². The SMILES string of the molecule is O=C(O)CCNC(=O)N1CCN(C(=O)c2ccc([N+](=O)[O-])cc2)CC1. The van der Waals surface area contributed by atoms with E-state index in [2.05, 4.69) is 5.32 Å². The van der Waals surface area contributed by atoms with Gasteiger partial charge < -0.3 is 20.2 Å². The maximum absolute atomic E-state index is 12.4. The molecule has 25 heavy (non-hydrogen) atoms. The van der Waals surface area contributed by atoms with Crippen LogP contribution in [0.5, 0.6) is 0 Å². The smallest absolute Gasteiger partial charge is 0.317 e. The van der Waals surface area contributed by atoms with Gasteiger partial charge in [0.05, 0.1) is 11.3 Å². The van der Waals surface area contributed by atoms with Gasteiger partial charge in [-0.25, -0.2) is 4.79 Å². The van der Waals surface area contributed by atoms with E-state index in [0.717, 1.165) is 0 Å². The molecule has 1 aromatic carbocycles. The Kier molecular flexibility index (Phi) is 5.88. The van der Waals surface area contributed by atoms with Crippen molar-refractivity contribution in [1.29, 1.82) is 0 Å². The number of amides is 3. The first-order valence-corrected chi connectivity index (χ1v) is 7.67. The Morgan fingerprint density at radius 1 is 1.08 bits per heavy atom. The first-order valence-electron chi connectivity index (χ1n) is 7.67. The van der Waals surface area contributed by atoms with Gasteiger partial charge in [-0.15, -0.1) is 0 Å². The molecule has 10 heteroatoms. The van der Waals surface area contributed by atoms with Crippen molar-refractivity contribution < 1.29 is 24.4 Å². The number of nitro benzene ring substituents is 1. The first-order chi connectivity index (χ1) is 11.9. The number of piperazine rings is 1. The van der Waals surface area contributed by atoms with E-state index in [1.165, 1.54) is 29.2 Å². The predicted octanol–water partition coefficient (Wildman–Crippen LogP) is 0.537. The zero-order valence-electron chi connectivity index (χ0n) is 13.4. The van der Waals surface area contributed by atoms with Crippen LogP contribution in [0, 0.1) is 10.1 Å². The van der Waals surface area contributed by atoms with Crippen molar-refractivity contribution in [1.82, 2.24) is 15.1 Å². The standard InChI is InChI=1S/C15H18N4O6/c20-13(21)5-6-16-15(23)18-9-7-17(8-10-18)14(22)11-1-3-12(4-2-11)19(24)25/h1-4H,5-10H2,(H,16,23)(H,20,21). The maximum atomic E-state index is 12.4. The molecule has 1 aliphatic heterocycles. The summed E-state index contributed by atoms with van der Waals surface area (Å²) >= 11 is 0. The molecule has 2 rings (SSSR count). The molecule has 10 nitrogen and oxygen atoms in total. The highest BCUT2D eigenvalue weighted by Crippen LogP contribution is 2.14. The molecule has 0 atom stereocenters. The van der Waals surface area contributed by atoms with Gasteiger partial charge in [0.15, 0.2) is 0 Å². The third-order valence-corrected chi connectivity index (χ3v) is 3.79. The Hall–Kier alpha value is -3.17. The summed E-state index contributed by atoms with van der Waals surface area (Å²) in [5, 5.41) is 21.7. The van der Waals surface area contributed by atoms with Gasteiger partial charge in [0.2, 0.25) is 0 Å². The summed E-state index contributed by atoms with van der Waals surface area (Å²) in [5.41, 5.74) is 0.268. The van der Waals surface area contributed by atoms with Crippen molar-refractivity contribution >= 4 is 23.6 Å². The average molecular weight is 350 g/mol. The molecular formula is C15H18N4O6. The lowest BCUT2D eigenvalue weighted by Gasteiger charge is -2.34. The minimum Gasteiger partial charge on any atom is -0.481 e. The molecule has 0 spiro atoms. The summed E-state index contributed by atoms with van der Waals surface area (Å²) in [6.45, 7) is 1.38. The Morgan fingerprint density at radius 2 is 1.64 bits per heavy atom. The fraction of sp³-hybridized carbons (Fsp3) is 0.400. The van der Waals surface area contributed by atoms with Gasteiger partial charge in [-0.05, 0) is 12.1 Å². The number of carbonyl (C=O) groups is 3. The second kappa shape index (κ2) is 8.08. The fourth-order valence-corrected chi connectivity index (χ4v) is 2.41. The lowest BCUT2D eigenvalue weighted by atomic mass is 10.1. The Labute approximate surface area is 143 Å².